The second kappa shape index (κ2) is 4.61. The maximum atomic E-state index is 13.4. The molecule has 0 bridgehead atoms. The van der Waals surface area contributed by atoms with E-state index in [9.17, 15) is 9.18 Å². The average Bonchev–Trinajstić information content (AvgIpc) is 2.41. The maximum absolute atomic E-state index is 13.4. The molecule has 0 saturated carbocycles. The van der Waals surface area contributed by atoms with Crippen LogP contribution in [-0.4, -0.2) is 27.3 Å². The van der Waals surface area contributed by atoms with Crippen molar-refractivity contribution in [3.05, 3.63) is 35.1 Å². The molecule has 0 radical (unpaired) electrons. The molecule has 1 aromatic rings. The Bertz CT molecular complexity index is 434. The summed E-state index contributed by atoms with van der Waals surface area (Å²) in [6.45, 7) is 1.39. The molecule has 0 atom stereocenters. The topological polar surface area (TPSA) is 29.1 Å². The molecule has 3 rings (SSSR count). The van der Waals surface area contributed by atoms with Gasteiger partial charge < -0.3 is 5.32 Å². The summed E-state index contributed by atoms with van der Waals surface area (Å²) in [6, 6.07) is 4.77. The summed E-state index contributed by atoms with van der Waals surface area (Å²) in [5.41, 5.74) is 0.885. The van der Waals surface area contributed by atoms with Gasteiger partial charge in [-0.3, -0.25) is 4.79 Å². The molecule has 0 unspecified atom stereocenters. The number of hydrogen-bond acceptors (Lipinski definition) is 2. The van der Waals surface area contributed by atoms with Crippen LogP contribution < -0.4 is 34.9 Å². The third kappa shape index (κ3) is 1.68. The molecule has 1 spiro atoms. The van der Waals surface area contributed by atoms with Crippen molar-refractivity contribution < 1.29 is 38.7 Å². The van der Waals surface area contributed by atoms with Crippen LogP contribution in [0.15, 0.2) is 18.2 Å². The molecule has 2 nitrogen and oxygen atoms in total. The van der Waals surface area contributed by atoms with E-state index in [0.717, 1.165) is 0 Å². The van der Waals surface area contributed by atoms with Gasteiger partial charge in [0.1, 0.15) is 5.82 Å². The molecule has 1 saturated heterocycles. The predicted octanol–water partition coefficient (Wildman–Crippen LogP) is -3.29. The van der Waals surface area contributed by atoms with Crippen LogP contribution in [0, 0.1) is 11.2 Å². The molecule has 1 N–H and O–H groups in total. The van der Waals surface area contributed by atoms with Gasteiger partial charge in [0.05, 0.1) is 5.41 Å². The minimum Gasteiger partial charge on any atom is -0.315 e. The molecule has 1 aliphatic carbocycles. The van der Waals surface area contributed by atoms with E-state index in [0.29, 0.717) is 30.6 Å². The zero-order chi connectivity index (χ0) is 9.76. The Hall–Kier alpha value is -0.155. The summed E-state index contributed by atoms with van der Waals surface area (Å²) in [5.74, 6) is -0.120. The smallest absolute Gasteiger partial charge is 0.315 e. The predicted molar refractivity (Wildman–Crippen MR) is 61.1 cm³/mol. The zero-order valence-electron chi connectivity index (χ0n) is 8.64. The van der Waals surface area contributed by atoms with Gasteiger partial charge in [0, 0.05) is 18.7 Å². The van der Waals surface area contributed by atoms with E-state index in [1.807, 2.05) is 0 Å². The minimum absolute atomic E-state index is 0. The third-order valence-electron chi connectivity index (χ3n) is 3.29. The SMILES string of the molecule is O=C1c2cccc(F)c2CC12CNC2.[BH4-].[Na+]. The second-order valence-corrected chi connectivity index (χ2v) is 4.16. The van der Waals surface area contributed by atoms with Crippen LogP contribution in [-0.2, 0) is 6.42 Å². The van der Waals surface area contributed by atoms with Gasteiger partial charge in [0.25, 0.3) is 0 Å². The van der Waals surface area contributed by atoms with Gasteiger partial charge in [-0.15, -0.1) is 0 Å². The van der Waals surface area contributed by atoms with Crippen LogP contribution in [0.2, 0.25) is 0 Å². The monoisotopic (exact) mass is 229 g/mol. The fourth-order valence-corrected chi connectivity index (χ4v) is 2.37. The van der Waals surface area contributed by atoms with Gasteiger partial charge >= 0.3 is 29.6 Å². The first kappa shape index (κ1) is 13.9. The maximum Gasteiger partial charge on any atom is 1.00 e. The normalized spacial score (nSPS) is 19.4. The molecular weight excluding hydrogens is 215 g/mol. The molecule has 0 aromatic heterocycles. The standard InChI is InChI=1S/C11H10FNO.BH4.Na/c12-9-3-1-2-7-8(9)4-11(10(7)14)5-13-6-11;;/h1-3,13H,4-6H2;1H4;/q;-1;+1. The van der Waals surface area contributed by atoms with Crippen LogP contribution in [0.3, 0.4) is 0 Å². The molecule has 1 aromatic carbocycles. The number of benzene rings is 1. The van der Waals surface area contributed by atoms with Gasteiger partial charge in [-0.25, -0.2) is 4.39 Å². The largest absolute Gasteiger partial charge is 1.00 e. The van der Waals surface area contributed by atoms with Crippen LogP contribution in [0.4, 0.5) is 4.39 Å². The fraction of sp³-hybridized carbons (Fsp3) is 0.364. The Morgan fingerprint density at radius 1 is 1.31 bits per heavy atom. The van der Waals surface area contributed by atoms with E-state index < -0.39 is 0 Å². The van der Waals surface area contributed by atoms with Crippen LogP contribution in [0.25, 0.3) is 0 Å². The number of nitrogens with one attached hydrogen (secondary N) is 1. The number of fused-ring (bicyclic) bond motifs is 1. The molecule has 5 heteroatoms. The van der Waals surface area contributed by atoms with Gasteiger partial charge in [-0.1, -0.05) is 20.5 Å². The van der Waals surface area contributed by atoms with Crippen molar-refractivity contribution in [3.8, 4) is 0 Å². The number of carbonyl (C=O) groups excluding carboxylic acids is 1. The first-order chi connectivity index (χ1) is 6.73. The number of rotatable bonds is 0. The number of ketones is 1. The third-order valence-corrected chi connectivity index (χ3v) is 3.29. The fourth-order valence-electron chi connectivity index (χ4n) is 2.37. The van der Waals surface area contributed by atoms with Crippen LogP contribution in [0.1, 0.15) is 15.9 Å². The van der Waals surface area contributed by atoms with Gasteiger partial charge in [-0.2, -0.15) is 0 Å². The number of hydrogen-bond donors (Lipinski definition) is 1. The van der Waals surface area contributed by atoms with Crippen molar-refractivity contribution in [3.63, 3.8) is 0 Å². The second-order valence-electron chi connectivity index (χ2n) is 4.16. The van der Waals surface area contributed by atoms with Crippen molar-refractivity contribution in [2.24, 2.45) is 5.41 Å². The Morgan fingerprint density at radius 2 is 2.00 bits per heavy atom. The average molecular weight is 229 g/mol. The van der Waals surface area contributed by atoms with E-state index in [4.69, 9.17) is 0 Å². The van der Waals surface area contributed by atoms with Crippen molar-refractivity contribution >= 4 is 14.2 Å². The molecular formula is C11H14BFNNaO. The Balaban J connectivity index is 0.000000640. The molecule has 80 valence electrons. The van der Waals surface area contributed by atoms with E-state index in [2.05, 4.69) is 5.32 Å². The summed E-state index contributed by atoms with van der Waals surface area (Å²) in [4.78, 5) is 11.9. The van der Waals surface area contributed by atoms with Gasteiger partial charge in [0.2, 0.25) is 0 Å². The summed E-state index contributed by atoms with van der Waals surface area (Å²) in [7, 11) is 0. The number of halogens is 1. The molecule has 2 aliphatic rings. The van der Waals surface area contributed by atoms with Crippen LogP contribution >= 0.6 is 0 Å². The summed E-state index contributed by atoms with van der Waals surface area (Å²) < 4.78 is 13.4. The summed E-state index contributed by atoms with van der Waals surface area (Å²) in [6.07, 6.45) is 0.570. The Kier molecular flexibility index (Phi) is 4.01. The van der Waals surface area contributed by atoms with Crippen molar-refractivity contribution in [1.82, 2.24) is 5.32 Å². The number of Topliss-reactive ketones (excluding diaryl/α,β-unsaturated/α-hetero) is 1. The Labute approximate surface area is 118 Å². The van der Waals surface area contributed by atoms with Crippen molar-refractivity contribution in [1.29, 1.82) is 0 Å². The zero-order valence-corrected chi connectivity index (χ0v) is 10.6. The van der Waals surface area contributed by atoms with Crippen molar-refractivity contribution in [2.75, 3.05) is 13.1 Å². The van der Waals surface area contributed by atoms with Crippen LogP contribution in [0.5, 0.6) is 0 Å². The minimum atomic E-state index is -0.315. The van der Waals surface area contributed by atoms with E-state index in [1.165, 1.54) is 6.07 Å². The van der Waals surface area contributed by atoms with E-state index >= 15 is 0 Å². The molecule has 1 fully saturated rings. The van der Waals surface area contributed by atoms with Gasteiger partial charge in [0.15, 0.2) is 5.78 Å². The van der Waals surface area contributed by atoms with Crippen molar-refractivity contribution in [2.45, 2.75) is 6.42 Å². The van der Waals surface area contributed by atoms with Gasteiger partial charge in [-0.05, 0) is 18.1 Å². The van der Waals surface area contributed by atoms with E-state index in [1.54, 1.807) is 12.1 Å². The first-order valence-corrected chi connectivity index (χ1v) is 4.76. The first-order valence-electron chi connectivity index (χ1n) is 4.76. The summed E-state index contributed by atoms with van der Waals surface area (Å²) in [5, 5.41) is 3.09. The molecule has 1 aliphatic heterocycles. The quantitative estimate of drug-likeness (QED) is 0.472. The number of carbonyl (C=O) groups is 1. The molecule has 16 heavy (non-hydrogen) atoms. The molecule has 1 heterocycles. The Morgan fingerprint density at radius 3 is 2.50 bits per heavy atom. The van der Waals surface area contributed by atoms with E-state index in [-0.39, 0.29) is 55.0 Å². The summed E-state index contributed by atoms with van der Waals surface area (Å²) >= 11 is 0. The molecule has 0 amide bonds.